The molecule has 1 aromatic rings. The number of hydrogen-bond acceptors (Lipinski definition) is 3. The second kappa shape index (κ2) is 6.71. The van der Waals surface area contributed by atoms with Crippen molar-refractivity contribution in [1.29, 1.82) is 0 Å². The Balaban J connectivity index is 1.61. The third kappa shape index (κ3) is 3.55. The highest BCUT2D eigenvalue weighted by Crippen LogP contribution is 2.45. The first-order valence-corrected chi connectivity index (χ1v) is 8.29. The topological polar surface area (TPSA) is 58.6 Å². The van der Waals surface area contributed by atoms with E-state index in [-0.39, 0.29) is 23.3 Å². The molecule has 1 heterocycles. The molecule has 2 amide bonds. The number of nitrogens with one attached hydrogen (secondary N) is 1. The summed E-state index contributed by atoms with van der Waals surface area (Å²) in [6, 6.07) is 10.1. The zero-order valence-corrected chi connectivity index (χ0v) is 13.6. The molecule has 0 spiro atoms. The first-order valence-electron chi connectivity index (χ1n) is 8.29. The van der Waals surface area contributed by atoms with Crippen LogP contribution in [0.2, 0.25) is 0 Å². The lowest BCUT2D eigenvalue weighted by atomic mass is 9.95. The normalized spacial score (nSPS) is 22.7. The summed E-state index contributed by atoms with van der Waals surface area (Å²) in [6.45, 7) is 1.57. The number of rotatable bonds is 6. The average Bonchev–Trinajstić information content (AvgIpc) is 3.35. The van der Waals surface area contributed by atoms with Gasteiger partial charge in [-0.15, -0.1) is 0 Å². The molecular weight excluding hydrogens is 292 g/mol. The van der Waals surface area contributed by atoms with Crippen molar-refractivity contribution in [3.63, 3.8) is 0 Å². The zero-order chi connectivity index (χ0) is 16.3. The number of piperidine rings is 1. The number of methoxy groups -OCH3 is 1. The summed E-state index contributed by atoms with van der Waals surface area (Å²) in [5, 5.41) is 3.24. The number of nitrogens with zero attached hydrogens (tertiary/aromatic N) is 1. The van der Waals surface area contributed by atoms with Gasteiger partial charge in [0.25, 0.3) is 0 Å². The predicted molar refractivity (Wildman–Crippen MR) is 86.7 cm³/mol. The Morgan fingerprint density at radius 2 is 2.09 bits per heavy atom. The molecule has 23 heavy (non-hydrogen) atoms. The Morgan fingerprint density at radius 3 is 2.74 bits per heavy atom. The summed E-state index contributed by atoms with van der Waals surface area (Å²) in [4.78, 5) is 26.3. The van der Waals surface area contributed by atoms with Gasteiger partial charge in [0.1, 0.15) is 0 Å². The van der Waals surface area contributed by atoms with E-state index in [2.05, 4.69) is 17.4 Å². The van der Waals surface area contributed by atoms with E-state index in [1.165, 1.54) is 5.56 Å². The van der Waals surface area contributed by atoms with Gasteiger partial charge in [-0.2, -0.15) is 0 Å². The van der Waals surface area contributed by atoms with Gasteiger partial charge in [0.05, 0.1) is 18.1 Å². The van der Waals surface area contributed by atoms with Crippen LogP contribution in [0.25, 0.3) is 0 Å². The molecule has 1 aliphatic heterocycles. The lowest BCUT2D eigenvalue weighted by Gasteiger charge is -2.32. The molecule has 1 aliphatic carbocycles. The highest BCUT2D eigenvalue weighted by Gasteiger charge is 2.46. The highest BCUT2D eigenvalue weighted by atomic mass is 16.5. The van der Waals surface area contributed by atoms with Crippen LogP contribution in [0.3, 0.4) is 0 Å². The number of ether oxygens (including phenoxy) is 1. The zero-order valence-electron chi connectivity index (χ0n) is 13.6. The first-order chi connectivity index (χ1) is 11.1. The fourth-order valence-corrected chi connectivity index (χ4v) is 3.25. The monoisotopic (exact) mass is 316 g/mol. The Morgan fingerprint density at radius 1 is 1.35 bits per heavy atom. The van der Waals surface area contributed by atoms with Crippen LogP contribution in [0.15, 0.2) is 30.3 Å². The molecule has 0 aromatic heterocycles. The van der Waals surface area contributed by atoms with Gasteiger partial charge < -0.3 is 15.0 Å². The van der Waals surface area contributed by atoms with Crippen LogP contribution in [-0.4, -0.2) is 43.5 Å². The van der Waals surface area contributed by atoms with Gasteiger partial charge in [-0.1, -0.05) is 30.3 Å². The van der Waals surface area contributed by atoms with Crippen molar-refractivity contribution < 1.29 is 14.3 Å². The molecule has 0 bridgehead atoms. The number of amides is 2. The maximum atomic E-state index is 12.7. The van der Waals surface area contributed by atoms with Crippen LogP contribution in [0, 0.1) is 5.92 Å². The Bertz CT molecular complexity index is 569. The van der Waals surface area contributed by atoms with Gasteiger partial charge in [-0.05, 0) is 24.8 Å². The van der Waals surface area contributed by atoms with E-state index in [0.29, 0.717) is 32.5 Å². The lowest BCUT2D eigenvalue weighted by Crippen LogP contribution is -2.48. The molecule has 2 aliphatic rings. The van der Waals surface area contributed by atoms with Crippen molar-refractivity contribution >= 4 is 11.8 Å². The van der Waals surface area contributed by atoms with E-state index in [1.54, 1.807) is 12.0 Å². The van der Waals surface area contributed by atoms with Crippen molar-refractivity contribution in [2.75, 3.05) is 26.8 Å². The SMILES string of the molecule is COCCN1C[C@@H](C(=O)NC2(c3ccccc3)CC2)CCC1=O. The molecule has 5 nitrogen and oxygen atoms in total. The third-order valence-electron chi connectivity index (χ3n) is 4.88. The van der Waals surface area contributed by atoms with E-state index in [9.17, 15) is 9.59 Å². The van der Waals surface area contributed by atoms with Crippen molar-refractivity contribution in [2.45, 2.75) is 31.2 Å². The van der Waals surface area contributed by atoms with Gasteiger partial charge in [0.2, 0.25) is 11.8 Å². The van der Waals surface area contributed by atoms with E-state index in [4.69, 9.17) is 4.74 Å². The standard InChI is InChI=1S/C18H24N2O3/c1-23-12-11-20-13-14(7-8-16(20)21)17(22)19-18(9-10-18)15-5-3-2-4-6-15/h2-6,14H,7-13H2,1H3,(H,19,22)/t14-/m0/s1. The molecule has 124 valence electrons. The number of carbonyl (C=O) groups is 2. The second-order valence-corrected chi connectivity index (χ2v) is 6.51. The minimum absolute atomic E-state index is 0.0706. The summed E-state index contributed by atoms with van der Waals surface area (Å²) < 4.78 is 5.04. The van der Waals surface area contributed by atoms with Crippen molar-refractivity contribution in [3.8, 4) is 0 Å². The summed E-state index contributed by atoms with van der Waals surface area (Å²) >= 11 is 0. The Hall–Kier alpha value is -1.88. The lowest BCUT2D eigenvalue weighted by molar-refractivity contribution is -0.139. The molecule has 1 aromatic carbocycles. The second-order valence-electron chi connectivity index (χ2n) is 6.51. The highest BCUT2D eigenvalue weighted by molar-refractivity contribution is 5.84. The molecular formula is C18H24N2O3. The van der Waals surface area contributed by atoms with Crippen LogP contribution in [-0.2, 0) is 19.9 Å². The summed E-state index contributed by atoms with van der Waals surface area (Å²) in [7, 11) is 1.62. The van der Waals surface area contributed by atoms with E-state index < -0.39 is 0 Å². The van der Waals surface area contributed by atoms with Crippen LogP contribution in [0.4, 0.5) is 0 Å². The van der Waals surface area contributed by atoms with Crippen LogP contribution < -0.4 is 5.32 Å². The number of benzene rings is 1. The van der Waals surface area contributed by atoms with Crippen LogP contribution in [0.1, 0.15) is 31.2 Å². The number of carbonyl (C=O) groups excluding carboxylic acids is 2. The van der Waals surface area contributed by atoms with Crippen LogP contribution >= 0.6 is 0 Å². The minimum Gasteiger partial charge on any atom is -0.383 e. The molecule has 2 fully saturated rings. The predicted octanol–water partition coefficient (Wildman–Crippen LogP) is 1.68. The van der Waals surface area contributed by atoms with Gasteiger partial charge in [-0.25, -0.2) is 0 Å². The van der Waals surface area contributed by atoms with Gasteiger partial charge in [0.15, 0.2) is 0 Å². The molecule has 1 atom stereocenters. The smallest absolute Gasteiger partial charge is 0.225 e. The maximum Gasteiger partial charge on any atom is 0.225 e. The van der Waals surface area contributed by atoms with Crippen molar-refractivity contribution in [1.82, 2.24) is 10.2 Å². The molecule has 1 saturated carbocycles. The molecule has 0 radical (unpaired) electrons. The summed E-state index contributed by atoms with van der Waals surface area (Å²) in [5.41, 5.74) is 0.994. The van der Waals surface area contributed by atoms with Crippen LogP contribution in [0.5, 0.6) is 0 Å². The Labute approximate surface area is 137 Å². The fraction of sp³-hybridized carbons (Fsp3) is 0.556. The Kier molecular flexibility index (Phi) is 4.66. The average molecular weight is 316 g/mol. The van der Waals surface area contributed by atoms with Gasteiger partial charge >= 0.3 is 0 Å². The summed E-state index contributed by atoms with van der Waals surface area (Å²) in [5.74, 6) is 0.0716. The molecule has 1 saturated heterocycles. The largest absolute Gasteiger partial charge is 0.383 e. The molecule has 5 heteroatoms. The quantitative estimate of drug-likeness (QED) is 0.868. The minimum atomic E-state index is -0.183. The summed E-state index contributed by atoms with van der Waals surface area (Å²) in [6.07, 6.45) is 3.06. The van der Waals surface area contributed by atoms with E-state index in [0.717, 1.165) is 12.8 Å². The van der Waals surface area contributed by atoms with Crippen molar-refractivity contribution in [3.05, 3.63) is 35.9 Å². The van der Waals surface area contributed by atoms with Crippen molar-refractivity contribution in [2.24, 2.45) is 5.92 Å². The fourth-order valence-electron chi connectivity index (χ4n) is 3.25. The van der Waals surface area contributed by atoms with Gasteiger partial charge in [-0.3, -0.25) is 9.59 Å². The maximum absolute atomic E-state index is 12.7. The molecule has 1 N–H and O–H groups in total. The molecule has 3 rings (SSSR count). The first kappa shape index (κ1) is 16.0. The van der Waals surface area contributed by atoms with E-state index in [1.807, 2.05) is 18.2 Å². The number of hydrogen-bond donors (Lipinski definition) is 1. The number of likely N-dealkylation sites (tertiary alicyclic amines) is 1. The molecule has 0 unspecified atom stereocenters. The third-order valence-corrected chi connectivity index (χ3v) is 4.88. The van der Waals surface area contributed by atoms with Gasteiger partial charge in [0, 0.05) is 26.6 Å². The van der Waals surface area contributed by atoms with E-state index >= 15 is 0 Å².